The van der Waals surface area contributed by atoms with Gasteiger partial charge in [-0.3, -0.25) is 0 Å². The minimum atomic E-state index is -1.09. The first-order valence-electron chi connectivity index (χ1n) is 3.73. The van der Waals surface area contributed by atoms with Crippen LogP contribution in [-0.2, 0) is 4.74 Å². The average molecular weight is 162 g/mol. The van der Waals surface area contributed by atoms with Crippen LogP contribution in [0.3, 0.4) is 0 Å². The van der Waals surface area contributed by atoms with Crippen LogP contribution in [0.2, 0.25) is 0 Å². The number of hydrogen-bond acceptors (Lipinski definition) is 4. The van der Waals surface area contributed by atoms with E-state index in [4.69, 9.17) is 4.74 Å². The standard InChI is InChI=1S/C7H14O4/c1-3-5(8)7(10)6(9)4(2)11-3/h3-10H,1-2H3/t3?,4?,5-,6?,7+/m1/s1. The van der Waals surface area contributed by atoms with Gasteiger partial charge < -0.3 is 20.1 Å². The Morgan fingerprint density at radius 2 is 1.18 bits per heavy atom. The molecule has 1 rings (SSSR count). The molecule has 0 saturated carbocycles. The van der Waals surface area contributed by atoms with Crippen LogP contribution in [-0.4, -0.2) is 45.8 Å². The first kappa shape index (κ1) is 8.93. The zero-order chi connectivity index (χ0) is 8.59. The summed E-state index contributed by atoms with van der Waals surface area (Å²) in [7, 11) is 0. The predicted molar refractivity (Wildman–Crippen MR) is 38.0 cm³/mol. The molecule has 4 heteroatoms. The smallest absolute Gasteiger partial charge is 0.111 e. The van der Waals surface area contributed by atoms with E-state index < -0.39 is 30.5 Å². The lowest BCUT2D eigenvalue weighted by atomic mass is 9.97. The van der Waals surface area contributed by atoms with Gasteiger partial charge in [0, 0.05) is 0 Å². The van der Waals surface area contributed by atoms with Gasteiger partial charge in [0.05, 0.1) is 12.2 Å². The molecule has 1 aliphatic rings. The lowest BCUT2D eigenvalue weighted by molar-refractivity contribution is -0.211. The molecule has 1 aliphatic heterocycles. The molecule has 0 amide bonds. The Kier molecular flexibility index (Phi) is 2.49. The maximum absolute atomic E-state index is 9.21. The number of ether oxygens (including phenoxy) is 1. The molecule has 3 unspecified atom stereocenters. The summed E-state index contributed by atoms with van der Waals surface area (Å²) in [5, 5.41) is 27.6. The van der Waals surface area contributed by atoms with Crippen molar-refractivity contribution in [2.75, 3.05) is 0 Å². The summed E-state index contributed by atoms with van der Waals surface area (Å²) >= 11 is 0. The Bertz CT molecular complexity index is 124. The molecule has 1 saturated heterocycles. The van der Waals surface area contributed by atoms with Gasteiger partial charge in [-0.1, -0.05) is 0 Å². The van der Waals surface area contributed by atoms with Crippen molar-refractivity contribution >= 4 is 0 Å². The maximum atomic E-state index is 9.21. The van der Waals surface area contributed by atoms with Crippen LogP contribution in [0, 0.1) is 0 Å². The second-order valence-corrected chi connectivity index (χ2v) is 3.02. The van der Waals surface area contributed by atoms with Crippen LogP contribution < -0.4 is 0 Å². The number of rotatable bonds is 0. The minimum absolute atomic E-state index is 0.414. The number of aliphatic hydroxyl groups is 3. The van der Waals surface area contributed by atoms with Crippen molar-refractivity contribution in [3.63, 3.8) is 0 Å². The Labute approximate surface area is 65.4 Å². The average Bonchev–Trinajstić information content (AvgIpc) is 1.97. The molecule has 0 aromatic heterocycles. The molecule has 4 nitrogen and oxygen atoms in total. The van der Waals surface area contributed by atoms with E-state index in [0.29, 0.717) is 0 Å². The maximum Gasteiger partial charge on any atom is 0.111 e. The van der Waals surface area contributed by atoms with Crippen molar-refractivity contribution in [3.05, 3.63) is 0 Å². The zero-order valence-electron chi connectivity index (χ0n) is 6.64. The quantitative estimate of drug-likeness (QED) is 0.422. The van der Waals surface area contributed by atoms with E-state index in [1.807, 2.05) is 0 Å². The fourth-order valence-corrected chi connectivity index (χ4v) is 1.26. The van der Waals surface area contributed by atoms with Gasteiger partial charge in [-0.2, -0.15) is 0 Å². The molecule has 1 heterocycles. The van der Waals surface area contributed by atoms with Crippen LogP contribution in [0.15, 0.2) is 0 Å². The van der Waals surface area contributed by atoms with Crippen LogP contribution in [0.4, 0.5) is 0 Å². The van der Waals surface area contributed by atoms with Gasteiger partial charge >= 0.3 is 0 Å². The number of hydrogen-bond donors (Lipinski definition) is 3. The summed E-state index contributed by atoms with van der Waals surface area (Å²) in [5.41, 5.74) is 0. The molecule has 0 spiro atoms. The monoisotopic (exact) mass is 162 g/mol. The highest BCUT2D eigenvalue weighted by Gasteiger charge is 2.39. The first-order chi connectivity index (χ1) is 5.04. The van der Waals surface area contributed by atoms with Crippen molar-refractivity contribution in [1.29, 1.82) is 0 Å². The van der Waals surface area contributed by atoms with E-state index >= 15 is 0 Å². The second-order valence-electron chi connectivity index (χ2n) is 3.02. The van der Waals surface area contributed by atoms with Crippen molar-refractivity contribution in [2.24, 2.45) is 0 Å². The third kappa shape index (κ3) is 1.54. The largest absolute Gasteiger partial charge is 0.388 e. The van der Waals surface area contributed by atoms with Crippen molar-refractivity contribution in [2.45, 2.75) is 44.4 Å². The highest BCUT2D eigenvalue weighted by molar-refractivity contribution is 4.88. The van der Waals surface area contributed by atoms with E-state index in [9.17, 15) is 15.3 Å². The fourth-order valence-electron chi connectivity index (χ4n) is 1.26. The summed E-state index contributed by atoms with van der Waals surface area (Å²) < 4.78 is 5.12. The van der Waals surface area contributed by atoms with Crippen LogP contribution >= 0.6 is 0 Å². The van der Waals surface area contributed by atoms with E-state index in [1.165, 1.54) is 0 Å². The zero-order valence-corrected chi connectivity index (χ0v) is 6.64. The molecule has 11 heavy (non-hydrogen) atoms. The Morgan fingerprint density at radius 1 is 0.818 bits per heavy atom. The van der Waals surface area contributed by atoms with Crippen LogP contribution in [0.5, 0.6) is 0 Å². The number of aliphatic hydroxyl groups excluding tert-OH is 3. The molecule has 5 atom stereocenters. The topological polar surface area (TPSA) is 69.9 Å². The summed E-state index contributed by atoms with van der Waals surface area (Å²) in [6, 6.07) is 0. The van der Waals surface area contributed by atoms with Crippen molar-refractivity contribution < 1.29 is 20.1 Å². The van der Waals surface area contributed by atoms with Crippen LogP contribution in [0.1, 0.15) is 13.8 Å². The Hall–Kier alpha value is -0.160. The third-order valence-electron chi connectivity index (χ3n) is 2.09. The molecule has 0 aromatic carbocycles. The lowest BCUT2D eigenvalue weighted by Crippen LogP contribution is -2.55. The van der Waals surface area contributed by atoms with Gasteiger partial charge in [0.25, 0.3) is 0 Å². The summed E-state index contributed by atoms with van der Waals surface area (Å²) in [4.78, 5) is 0. The molecule has 3 N–H and O–H groups in total. The highest BCUT2D eigenvalue weighted by atomic mass is 16.5. The molecule has 1 fully saturated rings. The van der Waals surface area contributed by atoms with Gasteiger partial charge in [-0.05, 0) is 13.8 Å². The Balaban J connectivity index is 2.63. The summed E-state index contributed by atoms with van der Waals surface area (Å²) in [5.74, 6) is 0. The van der Waals surface area contributed by atoms with Gasteiger partial charge in [0.1, 0.15) is 18.3 Å². The normalized spacial score (nSPS) is 52.6. The minimum Gasteiger partial charge on any atom is -0.388 e. The lowest BCUT2D eigenvalue weighted by Gasteiger charge is -2.37. The molecule has 0 aliphatic carbocycles. The summed E-state index contributed by atoms with van der Waals surface area (Å²) in [6.07, 6.45) is -3.89. The van der Waals surface area contributed by atoms with Gasteiger partial charge in [0.15, 0.2) is 0 Å². The molecule has 0 bridgehead atoms. The van der Waals surface area contributed by atoms with Gasteiger partial charge in [-0.25, -0.2) is 0 Å². The fraction of sp³-hybridized carbons (Fsp3) is 1.00. The molecule has 66 valence electrons. The van der Waals surface area contributed by atoms with E-state index in [2.05, 4.69) is 0 Å². The second kappa shape index (κ2) is 3.06. The molecule has 0 aromatic rings. The van der Waals surface area contributed by atoms with E-state index in [0.717, 1.165) is 0 Å². The Morgan fingerprint density at radius 3 is 1.55 bits per heavy atom. The van der Waals surface area contributed by atoms with E-state index in [-0.39, 0.29) is 0 Å². The predicted octanol–water partition coefficient (Wildman–Crippen LogP) is -1.12. The van der Waals surface area contributed by atoms with Crippen molar-refractivity contribution in [1.82, 2.24) is 0 Å². The van der Waals surface area contributed by atoms with Gasteiger partial charge in [0.2, 0.25) is 0 Å². The SMILES string of the molecule is CC1OC(C)[C@@H](O)[C@H](O)C1O. The van der Waals surface area contributed by atoms with Gasteiger partial charge in [-0.15, -0.1) is 0 Å². The first-order valence-corrected chi connectivity index (χ1v) is 3.73. The molecule has 0 radical (unpaired) electrons. The summed E-state index contributed by atoms with van der Waals surface area (Å²) in [6.45, 7) is 3.33. The van der Waals surface area contributed by atoms with E-state index in [1.54, 1.807) is 13.8 Å². The highest BCUT2D eigenvalue weighted by Crippen LogP contribution is 2.19. The molecular formula is C7H14O4. The third-order valence-corrected chi connectivity index (χ3v) is 2.09. The van der Waals surface area contributed by atoms with Crippen LogP contribution in [0.25, 0.3) is 0 Å². The van der Waals surface area contributed by atoms with Crippen molar-refractivity contribution in [3.8, 4) is 0 Å². The molecular weight excluding hydrogens is 148 g/mol.